The molecule has 1 aromatic carbocycles. The second kappa shape index (κ2) is 4.30. The van der Waals surface area contributed by atoms with Crippen molar-refractivity contribution in [1.29, 1.82) is 0 Å². The van der Waals surface area contributed by atoms with Crippen molar-refractivity contribution in [2.45, 2.75) is 0 Å². The molecular weight excluding hydrogens is 265 g/mol. The molecule has 0 radical (unpaired) electrons. The molecule has 18 heavy (non-hydrogen) atoms. The number of rotatable bonds is 1. The zero-order valence-electron chi connectivity index (χ0n) is 9.11. The van der Waals surface area contributed by atoms with E-state index in [0.717, 1.165) is 13.2 Å². The van der Waals surface area contributed by atoms with Crippen LogP contribution < -0.4 is 0 Å². The molecule has 0 fully saturated rings. The zero-order chi connectivity index (χ0) is 13.4. The lowest BCUT2D eigenvalue weighted by atomic mass is 10.2. The quantitative estimate of drug-likeness (QED) is 0.810. The van der Waals surface area contributed by atoms with Gasteiger partial charge in [0, 0.05) is 5.39 Å². The molecule has 1 aromatic heterocycles. The molecule has 0 saturated heterocycles. The van der Waals surface area contributed by atoms with Crippen molar-refractivity contribution in [3.05, 3.63) is 34.7 Å². The summed E-state index contributed by atoms with van der Waals surface area (Å²) in [5.74, 6) is -1.67. The Morgan fingerprint density at radius 3 is 2.67 bits per heavy atom. The second-order valence-corrected chi connectivity index (χ2v) is 3.84. The molecular formula is C11H7ClFNO4. The van der Waals surface area contributed by atoms with Gasteiger partial charge in [-0.1, -0.05) is 11.6 Å². The number of methoxy groups -OCH3 is 1. The van der Waals surface area contributed by atoms with Gasteiger partial charge in [0.15, 0.2) is 0 Å². The maximum Gasteiger partial charge on any atom is 0.416 e. The van der Waals surface area contributed by atoms with Gasteiger partial charge in [-0.2, -0.15) is 0 Å². The molecule has 0 bridgehead atoms. The van der Waals surface area contributed by atoms with Crippen LogP contribution in [0, 0.1) is 5.82 Å². The standard InChI is InChI=1S/C11H7ClFNO4/c1-18-10(15)8-4-5-6(12)2-3-7(13)9(5)14(8)11(16)17/h2-4H,1H3,(H,16,17). The molecule has 0 aliphatic rings. The molecule has 1 heterocycles. The summed E-state index contributed by atoms with van der Waals surface area (Å²) in [6.07, 6.45) is -1.49. The van der Waals surface area contributed by atoms with Crippen LogP contribution in [-0.2, 0) is 4.74 Å². The van der Waals surface area contributed by atoms with Crippen LogP contribution in [0.25, 0.3) is 10.9 Å². The minimum Gasteiger partial charge on any atom is -0.464 e. The lowest BCUT2D eigenvalue weighted by molar-refractivity contribution is 0.0588. The average molecular weight is 272 g/mol. The molecule has 1 N–H and O–H groups in total. The number of halogens is 2. The fourth-order valence-corrected chi connectivity index (χ4v) is 1.90. The minimum atomic E-state index is -1.49. The topological polar surface area (TPSA) is 68.5 Å². The number of nitrogens with zero attached hydrogens (tertiary/aromatic N) is 1. The maximum atomic E-state index is 13.7. The van der Waals surface area contributed by atoms with Crippen LogP contribution in [0.5, 0.6) is 0 Å². The number of hydrogen-bond donors (Lipinski definition) is 1. The first kappa shape index (κ1) is 12.4. The molecule has 7 heteroatoms. The van der Waals surface area contributed by atoms with Gasteiger partial charge in [-0.25, -0.2) is 18.5 Å². The Balaban J connectivity index is 2.93. The van der Waals surface area contributed by atoms with Crippen LogP contribution in [0.3, 0.4) is 0 Å². The summed E-state index contributed by atoms with van der Waals surface area (Å²) in [7, 11) is 1.10. The molecule has 0 unspecified atom stereocenters. The Bertz CT molecular complexity index is 665. The van der Waals surface area contributed by atoms with E-state index in [-0.39, 0.29) is 21.6 Å². The van der Waals surface area contributed by atoms with Gasteiger partial charge in [0.25, 0.3) is 0 Å². The van der Waals surface area contributed by atoms with Gasteiger partial charge >= 0.3 is 12.1 Å². The highest BCUT2D eigenvalue weighted by atomic mass is 35.5. The van der Waals surface area contributed by atoms with Crippen LogP contribution in [0.1, 0.15) is 10.5 Å². The number of hydrogen-bond acceptors (Lipinski definition) is 3. The van der Waals surface area contributed by atoms with Crippen molar-refractivity contribution in [1.82, 2.24) is 4.57 Å². The van der Waals surface area contributed by atoms with E-state index >= 15 is 0 Å². The first-order valence-electron chi connectivity index (χ1n) is 4.78. The number of fused-ring (bicyclic) bond motifs is 1. The molecule has 0 aliphatic heterocycles. The predicted molar refractivity (Wildman–Crippen MR) is 61.7 cm³/mol. The summed E-state index contributed by atoms with van der Waals surface area (Å²) < 4.78 is 18.6. The Morgan fingerprint density at radius 1 is 1.44 bits per heavy atom. The van der Waals surface area contributed by atoms with Crippen LogP contribution in [0.4, 0.5) is 9.18 Å². The van der Waals surface area contributed by atoms with Gasteiger partial charge in [-0.3, -0.25) is 0 Å². The first-order valence-corrected chi connectivity index (χ1v) is 5.16. The van der Waals surface area contributed by atoms with E-state index in [1.54, 1.807) is 0 Å². The van der Waals surface area contributed by atoms with Crippen LogP contribution in [-0.4, -0.2) is 28.8 Å². The van der Waals surface area contributed by atoms with Gasteiger partial charge in [0.05, 0.1) is 17.6 Å². The third-order valence-corrected chi connectivity index (χ3v) is 2.78. The van der Waals surface area contributed by atoms with Gasteiger partial charge in [0.2, 0.25) is 0 Å². The van der Waals surface area contributed by atoms with Crippen molar-refractivity contribution in [2.75, 3.05) is 7.11 Å². The molecule has 0 amide bonds. The third kappa shape index (κ3) is 1.70. The fraction of sp³-hybridized carbons (Fsp3) is 0.0909. The van der Waals surface area contributed by atoms with E-state index in [9.17, 15) is 14.0 Å². The zero-order valence-corrected chi connectivity index (χ0v) is 9.86. The number of carbonyl (C=O) groups excluding carboxylic acids is 1. The monoisotopic (exact) mass is 271 g/mol. The molecule has 0 aliphatic carbocycles. The normalized spacial score (nSPS) is 10.6. The molecule has 5 nitrogen and oxygen atoms in total. The number of ether oxygens (including phenoxy) is 1. The molecule has 0 spiro atoms. The summed E-state index contributed by atoms with van der Waals surface area (Å²) in [5.41, 5.74) is -0.567. The first-order chi connectivity index (χ1) is 8.47. The van der Waals surface area contributed by atoms with E-state index in [4.69, 9.17) is 16.7 Å². The molecule has 2 rings (SSSR count). The number of carbonyl (C=O) groups is 2. The Hall–Kier alpha value is -2.08. The van der Waals surface area contributed by atoms with Gasteiger partial charge in [-0.15, -0.1) is 0 Å². The van der Waals surface area contributed by atoms with E-state index in [0.29, 0.717) is 4.57 Å². The fourth-order valence-electron chi connectivity index (χ4n) is 1.70. The SMILES string of the molecule is COC(=O)c1cc2c(Cl)ccc(F)c2n1C(=O)O. The smallest absolute Gasteiger partial charge is 0.416 e. The lowest BCUT2D eigenvalue weighted by Gasteiger charge is -2.03. The molecule has 0 atom stereocenters. The lowest BCUT2D eigenvalue weighted by Crippen LogP contribution is -2.16. The largest absolute Gasteiger partial charge is 0.464 e. The summed E-state index contributed by atoms with van der Waals surface area (Å²) >= 11 is 5.84. The molecule has 0 saturated carbocycles. The number of carboxylic acid groups (broad SMARTS) is 1. The number of benzene rings is 1. The van der Waals surface area contributed by atoms with Gasteiger partial charge in [0.1, 0.15) is 11.5 Å². The van der Waals surface area contributed by atoms with Crippen molar-refractivity contribution in [3.8, 4) is 0 Å². The van der Waals surface area contributed by atoms with Crippen LogP contribution >= 0.6 is 11.6 Å². The van der Waals surface area contributed by atoms with E-state index < -0.39 is 17.9 Å². The molecule has 2 aromatic rings. The Kier molecular flexibility index (Phi) is 2.96. The van der Waals surface area contributed by atoms with Crippen molar-refractivity contribution in [2.24, 2.45) is 0 Å². The Morgan fingerprint density at radius 2 is 2.11 bits per heavy atom. The van der Waals surface area contributed by atoms with Crippen molar-refractivity contribution in [3.63, 3.8) is 0 Å². The third-order valence-electron chi connectivity index (χ3n) is 2.45. The van der Waals surface area contributed by atoms with E-state index in [1.807, 2.05) is 0 Å². The number of aromatic nitrogens is 1. The van der Waals surface area contributed by atoms with E-state index in [1.165, 1.54) is 12.1 Å². The van der Waals surface area contributed by atoms with Crippen molar-refractivity contribution < 1.29 is 23.8 Å². The summed E-state index contributed by atoms with van der Waals surface area (Å²) in [6, 6.07) is 3.50. The summed E-state index contributed by atoms with van der Waals surface area (Å²) in [6.45, 7) is 0. The summed E-state index contributed by atoms with van der Waals surface area (Å²) in [4.78, 5) is 22.6. The van der Waals surface area contributed by atoms with Gasteiger partial charge in [-0.05, 0) is 18.2 Å². The van der Waals surface area contributed by atoms with Gasteiger partial charge < -0.3 is 9.84 Å². The Labute approximate surface area is 105 Å². The molecule has 94 valence electrons. The highest BCUT2D eigenvalue weighted by molar-refractivity contribution is 6.35. The highest BCUT2D eigenvalue weighted by Crippen LogP contribution is 2.29. The number of esters is 1. The van der Waals surface area contributed by atoms with Crippen LogP contribution in [0.2, 0.25) is 5.02 Å². The highest BCUT2D eigenvalue weighted by Gasteiger charge is 2.23. The van der Waals surface area contributed by atoms with E-state index in [2.05, 4.69) is 4.74 Å². The average Bonchev–Trinajstić information content (AvgIpc) is 2.74. The second-order valence-electron chi connectivity index (χ2n) is 3.43. The minimum absolute atomic E-state index is 0.138. The summed E-state index contributed by atoms with van der Waals surface area (Å²) in [5, 5.41) is 9.35. The predicted octanol–water partition coefficient (Wildman–Crippen LogP) is 2.75. The maximum absolute atomic E-state index is 13.7. The van der Waals surface area contributed by atoms with Crippen molar-refractivity contribution >= 4 is 34.6 Å². The van der Waals surface area contributed by atoms with Crippen LogP contribution in [0.15, 0.2) is 18.2 Å².